The van der Waals surface area contributed by atoms with Crippen molar-refractivity contribution in [2.45, 2.75) is 38.8 Å². The molecule has 0 aliphatic carbocycles. The molecule has 1 aliphatic rings. The van der Waals surface area contributed by atoms with E-state index in [4.69, 9.17) is 0 Å². The van der Waals surface area contributed by atoms with Crippen molar-refractivity contribution >= 4 is 0 Å². The SMILES string of the molecule is Cc1ccc(CN2CCC(C)(O)CC2)cc1F. The Morgan fingerprint density at radius 2 is 2.00 bits per heavy atom. The first-order valence-corrected chi connectivity index (χ1v) is 6.16. The van der Waals surface area contributed by atoms with Gasteiger partial charge in [0.25, 0.3) is 0 Å². The summed E-state index contributed by atoms with van der Waals surface area (Å²) in [5, 5.41) is 9.85. The van der Waals surface area contributed by atoms with E-state index in [1.54, 1.807) is 13.0 Å². The fourth-order valence-electron chi connectivity index (χ4n) is 2.19. The van der Waals surface area contributed by atoms with Crippen LogP contribution in [0, 0.1) is 12.7 Å². The third kappa shape index (κ3) is 3.27. The first-order chi connectivity index (χ1) is 7.96. The van der Waals surface area contributed by atoms with Crippen LogP contribution in [0.1, 0.15) is 30.9 Å². The predicted molar refractivity (Wildman–Crippen MR) is 66.3 cm³/mol. The van der Waals surface area contributed by atoms with Gasteiger partial charge in [-0.25, -0.2) is 4.39 Å². The van der Waals surface area contributed by atoms with Crippen LogP contribution in [0.2, 0.25) is 0 Å². The van der Waals surface area contributed by atoms with Crippen LogP contribution in [0.5, 0.6) is 0 Å². The van der Waals surface area contributed by atoms with Gasteiger partial charge < -0.3 is 5.11 Å². The zero-order valence-corrected chi connectivity index (χ0v) is 10.5. The molecule has 1 heterocycles. The maximum Gasteiger partial charge on any atom is 0.126 e. The van der Waals surface area contributed by atoms with Crippen molar-refractivity contribution in [1.82, 2.24) is 4.90 Å². The zero-order valence-electron chi connectivity index (χ0n) is 10.5. The number of hydrogen-bond donors (Lipinski definition) is 1. The van der Waals surface area contributed by atoms with Crippen molar-refractivity contribution in [1.29, 1.82) is 0 Å². The summed E-state index contributed by atoms with van der Waals surface area (Å²) in [7, 11) is 0. The minimum absolute atomic E-state index is 0.133. The average molecular weight is 237 g/mol. The van der Waals surface area contributed by atoms with Gasteiger partial charge in [-0.05, 0) is 43.9 Å². The number of likely N-dealkylation sites (tertiary alicyclic amines) is 1. The standard InChI is InChI=1S/C14H20FNO/c1-11-3-4-12(9-13(11)15)10-16-7-5-14(2,17)6-8-16/h3-4,9,17H,5-8,10H2,1-2H3. The van der Waals surface area contributed by atoms with Gasteiger partial charge in [-0.1, -0.05) is 12.1 Å². The van der Waals surface area contributed by atoms with Gasteiger partial charge in [0.15, 0.2) is 0 Å². The van der Waals surface area contributed by atoms with Crippen LogP contribution in [0.25, 0.3) is 0 Å². The lowest BCUT2D eigenvalue weighted by atomic mass is 9.93. The van der Waals surface area contributed by atoms with E-state index in [0.717, 1.165) is 38.0 Å². The van der Waals surface area contributed by atoms with E-state index in [1.165, 1.54) is 0 Å². The molecular weight excluding hydrogens is 217 g/mol. The summed E-state index contributed by atoms with van der Waals surface area (Å²) in [6, 6.07) is 5.41. The summed E-state index contributed by atoms with van der Waals surface area (Å²) in [4.78, 5) is 2.27. The third-order valence-electron chi connectivity index (χ3n) is 3.58. The molecule has 3 heteroatoms. The number of piperidine rings is 1. The van der Waals surface area contributed by atoms with Gasteiger partial charge >= 0.3 is 0 Å². The second-order valence-corrected chi connectivity index (χ2v) is 5.36. The molecule has 1 fully saturated rings. The maximum atomic E-state index is 13.4. The number of benzene rings is 1. The maximum absolute atomic E-state index is 13.4. The zero-order chi connectivity index (χ0) is 12.5. The van der Waals surface area contributed by atoms with Crippen molar-refractivity contribution in [3.63, 3.8) is 0 Å². The van der Waals surface area contributed by atoms with Gasteiger partial charge in [0.1, 0.15) is 5.82 Å². The van der Waals surface area contributed by atoms with Gasteiger partial charge in [0, 0.05) is 19.6 Å². The summed E-state index contributed by atoms with van der Waals surface area (Å²) in [6.45, 7) is 6.19. The molecule has 0 bridgehead atoms. The fraction of sp³-hybridized carbons (Fsp3) is 0.571. The smallest absolute Gasteiger partial charge is 0.126 e. The van der Waals surface area contributed by atoms with Gasteiger partial charge in [0.05, 0.1) is 5.60 Å². The fourth-order valence-corrected chi connectivity index (χ4v) is 2.19. The van der Waals surface area contributed by atoms with Gasteiger partial charge in [0.2, 0.25) is 0 Å². The average Bonchev–Trinajstić information content (AvgIpc) is 2.27. The number of aliphatic hydroxyl groups is 1. The summed E-state index contributed by atoms with van der Waals surface area (Å²) < 4.78 is 13.4. The van der Waals surface area contributed by atoms with Crippen LogP contribution in [0.3, 0.4) is 0 Å². The highest BCUT2D eigenvalue weighted by molar-refractivity contribution is 5.23. The molecule has 1 saturated heterocycles. The van der Waals surface area contributed by atoms with E-state index < -0.39 is 5.60 Å². The molecule has 0 aromatic heterocycles. The predicted octanol–water partition coefficient (Wildman–Crippen LogP) is 2.48. The Labute approximate surface area is 102 Å². The minimum Gasteiger partial charge on any atom is -0.390 e. The molecule has 0 unspecified atom stereocenters. The van der Waals surface area contributed by atoms with E-state index in [1.807, 2.05) is 19.1 Å². The topological polar surface area (TPSA) is 23.5 Å². The Kier molecular flexibility index (Phi) is 3.50. The molecule has 1 aromatic rings. The lowest BCUT2D eigenvalue weighted by Gasteiger charge is -2.35. The van der Waals surface area contributed by atoms with Crippen molar-refractivity contribution in [2.24, 2.45) is 0 Å². The van der Waals surface area contributed by atoms with Gasteiger partial charge in [-0.3, -0.25) is 4.90 Å². The van der Waals surface area contributed by atoms with E-state index in [9.17, 15) is 9.50 Å². The highest BCUT2D eigenvalue weighted by atomic mass is 19.1. The van der Waals surface area contributed by atoms with Crippen molar-refractivity contribution < 1.29 is 9.50 Å². The van der Waals surface area contributed by atoms with E-state index in [2.05, 4.69) is 4.90 Å². The molecule has 17 heavy (non-hydrogen) atoms. The van der Waals surface area contributed by atoms with Crippen molar-refractivity contribution in [2.75, 3.05) is 13.1 Å². The lowest BCUT2D eigenvalue weighted by molar-refractivity contribution is -0.00732. The van der Waals surface area contributed by atoms with Gasteiger partial charge in [-0.2, -0.15) is 0 Å². The highest BCUT2D eigenvalue weighted by Gasteiger charge is 2.27. The number of hydrogen-bond acceptors (Lipinski definition) is 2. The number of aryl methyl sites for hydroxylation is 1. The monoisotopic (exact) mass is 237 g/mol. The highest BCUT2D eigenvalue weighted by Crippen LogP contribution is 2.22. The van der Waals surface area contributed by atoms with Crippen molar-refractivity contribution in [3.8, 4) is 0 Å². The lowest BCUT2D eigenvalue weighted by Crippen LogP contribution is -2.41. The third-order valence-corrected chi connectivity index (χ3v) is 3.58. The molecule has 1 N–H and O–H groups in total. The van der Waals surface area contributed by atoms with E-state index in [0.29, 0.717) is 5.56 Å². The molecule has 0 spiro atoms. The molecule has 0 amide bonds. The van der Waals surface area contributed by atoms with Gasteiger partial charge in [-0.15, -0.1) is 0 Å². The number of rotatable bonds is 2. The Bertz CT molecular complexity index is 393. The Balaban J connectivity index is 1.95. The second kappa shape index (κ2) is 4.75. The Morgan fingerprint density at radius 1 is 1.35 bits per heavy atom. The van der Waals surface area contributed by atoms with E-state index >= 15 is 0 Å². The Hall–Kier alpha value is -0.930. The Morgan fingerprint density at radius 3 is 2.59 bits per heavy atom. The molecule has 94 valence electrons. The molecule has 0 saturated carbocycles. The van der Waals surface area contributed by atoms with E-state index in [-0.39, 0.29) is 5.82 Å². The van der Waals surface area contributed by atoms with Crippen LogP contribution in [0.4, 0.5) is 4.39 Å². The molecule has 2 rings (SSSR count). The second-order valence-electron chi connectivity index (χ2n) is 5.36. The summed E-state index contributed by atoms with van der Waals surface area (Å²) in [6.07, 6.45) is 1.59. The summed E-state index contributed by atoms with van der Waals surface area (Å²) in [5.41, 5.74) is 1.18. The summed E-state index contributed by atoms with van der Waals surface area (Å²) in [5.74, 6) is -0.133. The quantitative estimate of drug-likeness (QED) is 0.854. The van der Waals surface area contributed by atoms with Crippen LogP contribution in [-0.2, 0) is 6.54 Å². The minimum atomic E-state index is -0.519. The normalized spacial score (nSPS) is 20.5. The first kappa shape index (κ1) is 12.5. The molecule has 2 nitrogen and oxygen atoms in total. The molecular formula is C14H20FNO. The molecule has 0 radical (unpaired) electrons. The number of nitrogens with zero attached hydrogens (tertiary/aromatic N) is 1. The van der Waals surface area contributed by atoms with Crippen molar-refractivity contribution in [3.05, 3.63) is 35.1 Å². The van der Waals surface area contributed by atoms with Crippen LogP contribution in [-0.4, -0.2) is 28.7 Å². The molecule has 0 atom stereocenters. The van der Waals surface area contributed by atoms with Crippen LogP contribution >= 0.6 is 0 Å². The summed E-state index contributed by atoms with van der Waals surface area (Å²) >= 11 is 0. The van der Waals surface area contributed by atoms with Crippen LogP contribution in [0.15, 0.2) is 18.2 Å². The first-order valence-electron chi connectivity index (χ1n) is 6.16. The molecule has 1 aromatic carbocycles. The largest absolute Gasteiger partial charge is 0.390 e. The van der Waals surface area contributed by atoms with Crippen LogP contribution < -0.4 is 0 Å². The number of halogens is 1. The molecule has 1 aliphatic heterocycles.